The topological polar surface area (TPSA) is 109 Å². The summed E-state index contributed by atoms with van der Waals surface area (Å²) in [4.78, 5) is 13.2. The zero-order chi connectivity index (χ0) is 22.2. The Morgan fingerprint density at radius 1 is 0.968 bits per heavy atom. The molecule has 0 saturated heterocycles. The molecule has 7 heteroatoms. The van der Waals surface area contributed by atoms with Crippen molar-refractivity contribution in [1.82, 2.24) is 5.32 Å². The summed E-state index contributed by atoms with van der Waals surface area (Å²) in [6.45, 7) is 0.396. The minimum atomic E-state index is -0.739. The largest absolute Gasteiger partial charge is 0.493 e. The molecule has 3 aromatic rings. The van der Waals surface area contributed by atoms with E-state index >= 15 is 0 Å². The number of nitrogens with two attached hydrogens (primary N) is 1. The normalized spacial score (nSPS) is 11.3. The molecule has 3 aromatic carbocycles. The molecule has 0 aromatic heterocycles. The van der Waals surface area contributed by atoms with E-state index in [1.165, 1.54) is 0 Å². The van der Waals surface area contributed by atoms with Gasteiger partial charge in [-0.15, -0.1) is 0 Å². The third-order valence-electron chi connectivity index (χ3n) is 4.82. The second kappa shape index (κ2) is 10.2. The first-order valence-corrected chi connectivity index (χ1v) is 9.77. The Morgan fingerprint density at radius 2 is 1.68 bits per heavy atom. The second-order valence-corrected chi connectivity index (χ2v) is 6.85. The molecule has 7 nitrogen and oxygen atoms in total. The Labute approximate surface area is 181 Å². The first kappa shape index (κ1) is 21.7. The van der Waals surface area contributed by atoms with Gasteiger partial charge in [0.25, 0.3) is 0 Å². The first-order valence-electron chi connectivity index (χ1n) is 9.77. The van der Waals surface area contributed by atoms with Crippen LogP contribution in [0, 0.1) is 5.41 Å². The number of amidine groups is 1. The van der Waals surface area contributed by atoms with Gasteiger partial charge in [-0.25, -0.2) is 0 Å². The van der Waals surface area contributed by atoms with Crippen molar-refractivity contribution in [3.05, 3.63) is 89.5 Å². The smallest absolute Gasteiger partial charge is 0.247 e. The predicted octanol–water partition coefficient (Wildman–Crippen LogP) is 3.46. The molecule has 160 valence electrons. The summed E-state index contributed by atoms with van der Waals surface area (Å²) in [6.07, 6.45) is 0. The number of nitrogen functional groups attached to an aromatic ring is 1. The fourth-order valence-electron chi connectivity index (χ4n) is 3.22. The molecule has 5 N–H and O–H groups in total. The summed E-state index contributed by atoms with van der Waals surface area (Å²) in [5.74, 6) is 0.788. The fourth-order valence-corrected chi connectivity index (χ4v) is 3.22. The minimum Gasteiger partial charge on any atom is -0.493 e. The molecule has 0 unspecified atom stereocenters. The summed E-state index contributed by atoms with van der Waals surface area (Å²) < 4.78 is 11.0. The van der Waals surface area contributed by atoms with Crippen LogP contribution in [-0.2, 0) is 11.3 Å². The molecule has 0 heterocycles. The lowest BCUT2D eigenvalue weighted by Gasteiger charge is -2.23. The van der Waals surface area contributed by atoms with E-state index in [-0.39, 0.29) is 11.7 Å². The number of benzene rings is 3. The van der Waals surface area contributed by atoms with Crippen molar-refractivity contribution in [2.45, 2.75) is 12.6 Å². The Kier molecular flexibility index (Phi) is 7.11. The van der Waals surface area contributed by atoms with Gasteiger partial charge in [0.15, 0.2) is 11.5 Å². The number of carbonyl (C=O) groups is 1. The first-order chi connectivity index (χ1) is 15.0. The van der Waals surface area contributed by atoms with Crippen LogP contribution >= 0.6 is 0 Å². The minimum absolute atomic E-state index is 0.0156. The number of hydrogen-bond acceptors (Lipinski definition) is 5. The fraction of sp³-hybridized carbons (Fsp3) is 0.167. The number of para-hydroxylation sites is 1. The van der Waals surface area contributed by atoms with Gasteiger partial charge in [0.05, 0.1) is 14.2 Å². The number of anilines is 1. The molecular weight excluding hydrogens is 392 g/mol. The van der Waals surface area contributed by atoms with Crippen LogP contribution in [0.2, 0.25) is 0 Å². The van der Waals surface area contributed by atoms with Crippen LogP contribution in [-0.4, -0.2) is 26.0 Å². The van der Waals surface area contributed by atoms with Crippen LogP contribution < -0.4 is 25.8 Å². The van der Waals surface area contributed by atoms with E-state index in [4.69, 9.17) is 20.6 Å². The van der Waals surface area contributed by atoms with Gasteiger partial charge in [-0.1, -0.05) is 42.5 Å². The Bertz CT molecular complexity index is 1040. The van der Waals surface area contributed by atoms with Gasteiger partial charge in [0, 0.05) is 23.4 Å². The highest BCUT2D eigenvalue weighted by atomic mass is 16.5. The van der Waals surface area contributed by atoms with Crippen LogP contribution in [0.1, 0.15) is 22.7 Å². The molecule has 3 rings (SSSR count). The average molecular weight is 418 g/mol. The third-order valence-corrected chi connectivity index (χ3v) is 4.82. The van der Waals surface area contributed by atoms with E-state index < -0.39 is 6.04 Å². The predicted molar refractivity (Wildman–Crippen MR) is 122 cm³/mol. The number of rotatable bonds is 9. The summed E-state index contributed by atoms with van der Waals surface area (Å²) in [5, 5.41) is 13.8. The summed E-state index contributed by atoms with van der Waals surface area (Å²) >= 11 is 0. The molecule has 0 aliphatic heterocycles. The molecule has 0 aliphatic rings. The van der Waals surface area contributed by atoms with Crippen LogP contribution in [0.5, 0.6) is 11.5 Å². The van der Waals surface area contributed by atoms with Gasteiger partial charge < -0.3 is 25.8 Å². The van der Waals surface area contributed by atoms with Crippen molar-refractivity contribution in [3.63, 3.8) is 0 Å². The average Bonchev–Trinajstić information content (AvgIpc) is 2.81. The molecule has 1 amide bonds. The Balaban J connectivity index is 1.91. The highest BCUT2D eigenvalue weighted by Crippen LogP contribution is 2.36. The molecule has 0 fully saturated rings. The van der Waals surface area contributed by atoms with E-state index in [0.29, 0.717) is 34.9 Å². The quantitative estimate of drug-likeness (QED) is 0.314. The van der Waals surface area contributed by atoms with Gasteiger partial charge >= 0.3 is 0 Å². The highest BCUT2D eigenvalue weighted by Gasteiger charge is 2.26. The number of nitrogens with one attached hydrogen (secondary N) is 3. The maximum absolute atomic E-state index is 13.2. The van der Waals surface area contributed by atoms with Crippen molar-refractivity contribution >= 4 is 17.4 Å². The molecule has 31 heavy (non-hydrogen) atoms. The van der Waals surface area contributed by atoms with E-state index in [0.717, 1.165) is 5.56 Å². The Hall–Kier alpha value is -4.00. The number of amides is 1. The van der Waals surface area contributed by atoms with Crippen LogP contribution in [0.25, 0.3) is 0 Å². The zero-order valence-corrected chi connectivity index (χ0v) is 17.5. The van der Waals surface area contributed by atoms with Crippen molar-refractivity contribution < 1.29 is 14.3 Å². The molecular formula is C24H26N4O3. The molecule has 0 radical (unpaired) electrons. The lowest BCUT2D eigenvalue weighted by atomic mass is 10.0. The number of hydrogen-bond donors (Lipinski definition) is 4. The standard InChI is InChI=1S/C24H26N4O3/c1-30-20-10-6-9-19(22(20)31-2)21(24(29)27-15-16-7-4-3-5-8-16)28-18-13-11-17(12-14-18)23(25)26/h3-14,21,28H,15H2,1-2H3,(H3,25,26)(H,27,29)/t21-/m1/s1. The highest BCUT2D eigenvalue weighted by molar-refractivity contribution is 5.95. The molecule has 0 spiro atoms. The number of carbonyl (C=O) groups excluding carboxylic acids is 1. The van der Waals surface area contributed by atoms with Gasteiger partial charge in [0.2, 0.25) is 5.91 Å². The maximum Gasteiger partial charge on any atom is 0.247 e. The second-order valence-electron chi connectivity index (χ2n) is 6.85. The lowest BCUT2D eigenvalue weighted by Crippen LogP contribution is -2.33. The summed E-state index contributed by atoms with van der Waals surface area (Å²) in [5.41, 5.74) is 8.49. The van der Waals surface area contributed by atoms with Crippen LogP contribution in [0.15, 0.2) is 72.8 Å². The van der Waals surface area contributed by atoms with E-state index in [1.807, 2.05) is 42.5 Å². The zero-order valence-electron chi connectivity index (χ0n) is 17.5. The lowest BCUT2D eigenvalue weighted by molar-refractivity contribution is -0.122. The van der Waals surface area contributed by atoms with Crippen molar-refractivity contribution in [1.29, 1.82) is 5.41 Å². The molecule has 0 saturated carbocycles. The maximum atomic E-state index is 13.2. The van der Waals surface area contributed by atoms with Crippen molar-refractivity contribution in [2.24, 2.45) is 5.73 Å². The summed E-state index contributed by atoms with van der Waals surface area (Å²) in [6, 6.07) is 21.4. The van der Waals surface area contributed by atoms with Gasteiger partial charge in [0.1, 0.15) is 11.9 Å². The van der Waals surface area contributed by atoms with E-state index in [2.05, 4.69) is 10.6 Å². The van der Waals surface area contributed by atoms with E-state index in [9.17, 15) is 4.79 Å². The number of methoxy groups -OCH3 is 2. The molecule has 0 bridgehead atoms. The molecule has 0 aliphatic carbocycles. The SMILES string of the molecule is COc1cccc([C@@H](Nc2ccc(C(=N)N)cc2)C(=O)NCc2ccccc2)c1OC. The van der Waals surface area contributed by atoms with Crippen LogP contribution in [0.4, 0.5) is 5.69 Å². The van der Waals surface area contributed by atoms with Gasteiger partial charge in [-0.3, -0.25) is 10.2 Å². The summed E-state index contributed by atoms with van der Waals surface area (Å²) in [7, 11) is 3.10. The van der Waals surface area contributed by atoms with Gasteiger partial charge in [-0.05, 0) is 35.9 Å². The molecule has 1 atom stereocenters. The number of ether oxygens (including phenoxy) is 2. The third kappa shape index (κ3) is 5.33. The van der Waals surface area contributed by atoms with E-state index in [1.54, 1.807) is 44.6 Å². The Morgan fingerprint density at radius 3 is 2.29 bits per heavy atom. The monoisotopic (exact) mass is 418 g/mol. The van der Waals surface area contributed by atoms with Gasteiger partial charge in [-0.2, -0.15) is 0 Å². The van der Waals surface area contributed by atoms with Crippen molar-refractivity contribution in [3.8, 4) is 11.5 Å². The van der Waals surface area contributed by atoms with Crippen LogP contribution in [0.3, 0.4) is 0 Å². The van der Waals surface area contributed by atoms with Crippen molar-refractivity contribution in [2.75, 3.05) is 19.5 Å².